The molecule has 0 radical (unpaired) electrons. The van der Waals surface area contributed by atoms with Crippen molar-refractivity contribution >= 4 is 6.03 Å². The van der Waals surface area contributed by atoms with E-state index in [9.17, 15) is 4.79 Å². The van der Waals surface area contributed by atoms with Crippen molar-refractivity contribution in [1.29, 1.82) is 0 Å². The number of urea groups is 1. The van der Waals surface area contributed by atoms with Crippen LogP contribution in [0.4, 0.5) is 4.79 Å². The van der Waals surface area contributed by atoms with Gasteiger partial charge in [0.1, 0.15) is 0 Å². The smallest absolute Gasteiger partial charge is 0.315 e. The van der Waals surface area contributed by atoms with Gasteiger partial charge in [0.2, 0.25) is 0 Å². The number of carbonyl (C=O) groups is 1. The van der Waals surface area contributed by atoms with Gasteiger partial charge < -0.3 is 20.3 Å². The van der Waals surface area contributed by atoms with Crippen LogP contribution in [0, 0.1) is 5.41 Å². The fourth-order valence-corrected chi connectivity index (χ4v) is 3.89. The minimum atomic E-state index is -0.00887. The Morgan fingerprint density at radius 1 is 1.38 bits per heavy atom. The third-order valence-corrected chi connectivity index (χ3v) is 5.66. The van der Waals surface area contributed by atoms with E-state index >= 15 is 0 Å². The molecule has 0 heterocycles. The number of hydrogen-bond donors (Lipinski definition) is 2. The minimum Gasteiger partial charge on any atom is -0.378 e. The highest BCUT2D eigenvalue weighted by Gasteiger charge is 2.59. The van der Waals surface area contributed by atoms with E-state index in [1.807, 2.05) is 0 Å². The normalized spacial score (nSPS) is 29.9. The zero-order valence-electron chi connectivity index (χ0n) is 13.4. The van der Waals surface area contributed by atoms with E-state index in [0.717, 1.165) is 32.2 Å². The maximum Gasteiger partial charge on any atom is 0.315 e. The second-order valence-electron chi connectivity index (χ2n) is 6.93. The Hall–Kier alpha value is -0.810. The molecule has 3 aliphatic rings. The summed E-state index contributed by atoms with van der Waals surface area (Å²) in [7, 11) is 2.14. The standard InChI is InChI=1S/C16H29N3O2/c1-3-21-14-11-13(16(14)7-4-8-16)18-15(20)17-9-10-19(2)12-5-6-12/h12-14H,3-11H2,1-2H3,(H2,17,18,20)/t13-,14-/m1/s1. The Bertz CT molecular complexity index is 380. The second-order valence-corrected chi connectivity index (χ2v) is 6.93. The number of likely N-dealkylation sites (N-methyl/N-ethyl adjacent to an activating group) is 1. The number of nitrogens with one attached hydrogen (secondary N) is 2. The van der Waals surface area contributed by atoms with Crippen LogP contribution < -0.4 is 10.6 Å². The SMILES string of the molecule is CCO[C@@H]1C[C@@H](NC(=O)NCCN(C)C2CC2)C12CCC2. The molecule has 0 saturated heterocycles. The number of amides is 2. The highest BCUT2D eigenvalue weighted by atomic mass is 16.5. The van der Waals surface area contributed by atoms with Crippen LogP contribution in [0.15, 0.2) is 0 Å². The van der Waals surface area contributed by atoms with Crippen LogP contribution in [0.2, 0.25) is 0 Å². The molecule has 5 nitrogen and oxygen atoms in total. The number of hydrogen-bond acceptors (Lipinski definition) is 3. The molecule has 3 saturated carbocycles. The molecule has 21 heavy (non-hydrogen) atoms. The lowest BCUT2D eigenvalue weighted by Gasteiger charge is -2.60. The zero-order valence-corrected chi connectivity index (χ0v) is 13.4. The first kappa shape index (κ1) is 15.1. The monoisotopic (exact) mass is 295 g/mol. The van der Waals surface area contributed by atoms with E-state index in [-0.39, 0.29) is 11.4 Å². The van der Waals surface area contributed by atoms with E-state index in [4.69, 9.17) is 4.74 Å². The molecule has 2 amide bonds. The van der Waals surface area contributed by atoms with Crippen molar-refractivity contribution in [2.24, 2.45) is 5.41 Å². The quantitative estimate of drug-likeness (QED) is 0.752. The summed E-state index contributed by atoms with van der Waals surface area (Å²) in [6.07, 6.45) is 7.64. The molecule has 0 aromatic heterocycles. The first-order valence-corrected chi connectivity index (χ1v) is 8.52. The fourth-order valence-electron chi connectivity index (χ4n) is 3.89. The summed E-state index contributed by atoms with van der Waals surface area (Å²) in [5.41, 5.74) is 0.248. The van der Waals surface area contributed by atoms with Crippen molar-refractivity contribution in [2.75, 3.05) is 26.7 Å². The molecule has 0 bridgehead atoms. The minimum absolute atomic E-state index is 0.00887. The van der Waals surface area contributed by atoms with Gasteiger partial charge in [0, 0.05) is 37.2 Å². The number of carbonyl (C=O) groups excluding carboxylic acids is 1. The van der Waals surface area contributed by atoms with Crippen LogP contribution >= 0.6 is 0 Å². The molecule has 120 valence electrons. The van der Waals surface area contributed by atoms with Crippen molar-refractivity contribution in [3.05, 3.63) is 0 Å². The van der Waals surface area contributed by atoms with E-state index in [0.29, 0.717) is 12.1 Å². The maximum absolute atomic E-state index is 12.0. The van der Waals surface area contributed by atoms with E-state index in [1.54, 1.807) is 0 Å². The Morgan fingerprint density at radius 3 is 2.71 bits per heavy atom. The topological polar surface area (TPSA) is 53.6 Å². The number of nitrogens with zero attached hydrogens (tertiary/aromatic N) is 1. The summed E-state index contributed by atoms with van der Waals surface area (Å²) in [5, 5.41) is 6.16. The molecule has 5 heteroatoms. The van der Waals surface area contributed by atoms with E-state index in [1.165, 1.54) is 32.1 Å². The van der Waals surface area contributed by atoms with Crippen LogP contribution in [0.3, 0.4) is 0 Å². The summed E-state index contributed by atoms with van der Waals surface area (Å²) in [6, 6.07) is 1.06. The summed E-state index contributed by atoms with van der Waals surface area (Å²) in [4.78, 5) is 14.4. The zero-order chi connectivity index (χ0) is 14.9. The summed E-state index contributed by atoms with van der Waals surface area (Å²) in [6.45, 7) is 4.50. The average Bonchev–Trinajstić information content (AvgIpc) is 3.19. The van der Waals surface area contributed by atoms with Gasteiger partial charge in [-0.3, -0.25) is 0 Å². The molecule has 0 aromatic carbocycles. The molecule has 0 aromatic rings. The third kappa shape index (κ3) is 3.04. The number of ether oxygens (including phenoxy) is 1. The Kier molecular flexibility index (Phi) is 4.41. The van der Waals surface area contributed by atoms with Gasteiger partial charge in [-0.2, -0.15) is 0 Å². The molecule has 3 rings (SSSR count). The van der Waals surface area contributed by atoms with Gasteiger partial charge in [0.25, 0.3) is 0 Å². The van der Waals surface area contributed by atoms with E-state index < -0.39 is 0 Å². The van der Waals surface area contributed by atoms with Crippen LogP contribution in [-0.4, -0.2) is 55.9 Å². The largest absolute Gasteiger partial charge is 0.378 e. The van der Waals surface area contributed by atoms with Crippen molar-refractivity contribution in [1.82, 2.24) is 15.5 Å². The third-order valence-electron chi connectivity index (χ3n) is 5.66. The fraction of sp³-hybridized carbons (Fsp3) is 0.938. The van der Waals surface area contributed by atoms with Gasteiger partial charge in [-0.05, 0) is 46.1 Å². The molecular formula is C16H29N3O2. The number of rotatable bonds is 7. The van der Waals surface area contributed by atoms with Crippen molar-refractivity contribution in [2.45, 2.75) is 63.6 Å². The highest BCUT2D eigenvalue weighted by Crippen LogP contribution is 2.57. The first-order valence-electron chi connectivity index (χ1n) is 8.52. The van der Waals surface area contributed by atoms with Gasteiger partial charge in [0.05, 0.1) is 6.10 Å². The van der Waals surface area contributed by atoms with Gasteiger partial charge >= 0.3 is 6.03 Å². The van der Waals surface area contributed by atoms with Gasteiger partial charge in [-0.1, -0.05) is 6.42 Å². The predicted molar refractivity (Wildman–Crippen MR) is 82.3 cm³/mol. The summed E-state index contributed by atoms with van der Waals surface area (Å²) in [5.74, 6) is 0. The first-order chi connectivity index (χ1) is 10.2. The molecule has 0 unspecified atom stereocenters. The lowest BCUT2D eigenvalue weighted by molar-refractivity contribution is -0.169. The molecule has 0 aliphatic heterocycles. The summed E-state index contributed by atoms with van der Waals surface area (Å²) < 4.78 is 5.81. The van der Waals surface area contributed by atoms with E-state index in [2.05, 4.69) is 29.5 Å². The second kappa shape index (κ2) is 6.13. The van der Waals surface area contributed by atoms with Crippen LogP contribution in [0.25, 0.3) is 0 Å². The molecular weight excluding hydrogens is 266 g/mol. The van der Waals surface area contributed by atoms with Gasteiger partial charge in [-0.15, -0.1) is 0 Å². The Morgan fingerprint density at radius 2 is 2.14 bits per heavy atom. The van der Waals surface area contributed by atoms with Crippen LogP contribution in [-0.2, 0) is 4.74 Å². The van der Waals surface area contributed by atoms with Crippen LogP contribution in [0.1, 0.15) is 45.4 Å². The average molecular weight is 295 g/mol. The Labute approximate surface area is 127 Å². The van der Waals surface area contributed by atoms with Crippen LogP contribution in [0.5, 0.6) is 0 Å². The van der Waals surface area contributed by atoms with Gasteiger partial charge in [0.15, 0.2) is 0 Å². The maximum atomic E-state index is 12.0. The van der Waals surface area contributed by atoms with Crippen molar-refractivity contribution in [3.63, 3.8) is 0 Å². The molecule has 1 spiro atoms. The van der Waals surface area contributed by atoms with Gasteiger partial charge in [-0.25, -0.2) is 4.79 Å². The van der Waals surface area contributed by atoms with Crippen molar-refractivity contribution in [3.8, 4) is 0 Å². The van der Waals surface area contributed by atoms with Crippen molar-refractivity contribution < 1.29 is 9.53 Å². The highest BCUT2D eigenvalue weighted by molar-refractivity contribution is 5.74. The molecule has 2 N–H and O–H groups in total. The summed E-state index contributed by atoms with van der Waals surface area (Å²) >= 11 is 0. The predicted octanol–water partition coefficient (Wildman–Crippen LogP) is 1.73. The molecule has 3 fully saturated rings. The lowest BCUT2D eigenvalue weighted by atomic mass is 9.51. The Balaban J connectivity index is 1.37. The molecule has 3 aliphatic carbocycles. The molecule has 2 atom stereocenters. The lowest BCUT2D eigenvalue weighted by Crippen LogP contribution is -2.68.